The van der Waals surface area contributed by atoms with Crippen LogP contribution in [0.25, 0.3) is 0 Å². The van der Waals surface area contributed by atoms with Gasteiger partial charge >= 0.3 is 0 Å². The zero-order valence-electron chi connectivity index (χ0n) is 7.14. The number of rotatable bonds is 5. The number of aliphatic hydroxyl groups excluding tert-OH is 2. The minimum Gasteiger partial charge on any atom is -0.462 e. The van der Waals surface area contributed by atoms with Gasteiger partial charge in [-0.1, -0.05) is 24.7 Å². The molecule has 2 nitrogen and oxygen atoms in total. The van der Waals surface area contributed by atoms with Gasteiger partial charge < -0.3 is 10.2 Å². The van der Waals surface area contributed by atoms with E-state index in [1.165, 1.54) is 0 Å². The largest absolute Gasteiger partial charge is 0.462 e. The summed E-state index contributed by atoms with van der Waals surface area (Å²) in [6.07, 6.45) is 9.56. The highest BCUT2D eigenvalue weighted by Gasteiger charge is 1.86. The van der Waals surface area contributed by atoms with Crippen LogP contribution in [-0.2, 0) is 0 Å². The van der Waals surface area contributed by atoms with Crippen molar-refractivity contribution in [3.63, 3.8) is 0 Å². The summed E-state index contributed by atoms with van der Waals surface area (Å²) in [7, 11) is 0. The van der Waals surface area contributed by atoms with Gasteiger partial charge in [0, 0.05) is 12.8 Å². The van der Waals surface area contributed by atoms with Crippen molar-refractivity contribution < 1.29 is 10.2 Å². The van der Waals surface area contributed by atoms with Crippen LogP contribution < -0.4 is 0 Å². The SMILES string of the molecule is OC#CCCCCCCC#CO. The maximum atomic E-state index is 8.13. The third kappa shape index (κ3) is 8.72. The maximum Gasteiger partial charge on any atom is 0.107 e. The van der Waals surface area contributed by atoms with Crippen molar-refractivity contribution in [3.05, 3.63) is 0 Å². The Morgan fingerprint density at radius 1 is 0.667 bits per heavy atom. The van der Waals surface area contributed by atoms with E-state index in [1.54, 1.807) is 0 Å². The van der Waals surface area contributed by atoms with Crippen molar-refractivity contribution in [1.29, 1.82) is 0 Å². The van der Waals surface area contributed by atoms with E-state index in [1.807, 2.05) is 12.2 Å². The second-order valence-electron chi connectivity index (χ2n) is 2.49. The zero-order valence-corrected chi connectivity index (χ0v) is 7.14. The van der Waals surface area contributed by atoms with E-state index < -0.39 is 0 Å². The third-order valence-electron chi connectivity index (χ3n) is 1.51. The number of unbranched alkanes of at least 4 members (excludes halogenated alkanes) is 5. The van der Waals surface area contributed by atoms with E-state index in [-0.39, 0.29) is 0 Å². The Kier molecular flexibility index (Phi) is 8.68. The molecule has 0 saturated heterocycles. The normalized spacial score (nSPS) is 7.67. The van der Waals surface area contributed by atoms with Crippen LogP contribution in [-0.4, -0.2) is 10.2 Å². The fourth-order valence-corrected chi connectivity index (χ4v) is 0.892. The standard InChI is InChI=1S/C10H14O2/c11-9-7-5-3-1-2-4-6-8-10-12/h11-12H,1-6H2. The van der Waals surface area contributed by atoms with Gasteiger partial charge in [0.2, 0.25) is 0 Å². The highest BCUT2D eigenvalue weighted by Crippen LogP contribution is 2.03. The van der Waals surface area contributed by atoms with Gasteiger partial charge in [-0.2, -0.15) is 0 Å². The molecule has 0 atom stereocenters. The molecule has 0 heterocycles. The first-order chi connectivity index (χ1) is 5.91. The minimum atomic E-state index is 0.766. The lowest BCUT2D eigenvalue weighted by atomic mass is 10.1. The highest BCUT2D eigenvalue weighted by molar-refractivity contribution is 4.90. The fourth-order valence-electron chi connectivity index (χ4n) is 0.892. The molecule has 0 amide bonds. The van der Waals surface area contributed by atoms with Crippen LogP contribution in [0.2, 0.25) is 0 Å². The van der Waals surface area contributed by atoms with E-state index in [9.17, 15) is 0 Å². The molecule has 0 aliphatic rings. The summed E-state index contributed by atoms with van der Waals surface area (Å²) in [5.41, 5.74) is 0. The van der Waals surface area contributed by atoms with Gasteiger partial charge in [0.15, 0.2) is 0 Å². The summed E-state index contributed by atoms with van der Waals surface area (Å²) >= 11 is 0. The van der Waals surface area contributed by atoms with Crippen molar-refractivity contribution in [1.82, 2.24) is 0 Å². The molecule has 2 heteroatoms. The molecule has 0 aromatic heterocycles. The molecule has 66 valence electrons. The van der Waals surface area contributed by atoms with Crippen LogP contribution in [0.1, 0.15) is 38.5 Å². The van der Waals surface area contributed by atoms with Crippen LogP contribution >= 0.6 is 0 Å². The molecule has 0 aromatic rings. The molecule has 0 fully saturated rings. The second kappa shape index (κ2) is 9.72. The van der Waals surface area contributed by atoms with Crippen molar-refractivity contribution >= 4 is 0 Å². The van der Waals surface area contributed by atoms with Crippen LogP contribution in [0.15, 0.2) is 0 Å². The maximum absolute atomic E-state index is 8.13. The Labute approximate surface area is 73.6 Å². The molecule has 0 aliphatic heterocycles. The van der Waals surface area contributed by atoms with Gasteiger partial charge in [0.05, 0.1) is 0 Å². The molecule has 0 bridgehead atoms. The van der Waals surface area contributed by atoms with E-state index in [0.717, 1.165) is 38.5 Å². The number of hydrogen-bond donors (Lipinski definition) is 2. The Balaban J connectivity index is 2.97. The van der Waals surface area contributed by atoms with E-state index in [0.29, 0.717) is 0 Å². The van der Waals surface area contributed by atoms with E-state index in [2.05, 4.69) is 11.8 Å². The first kappa shape index (κ1) is 10.7. The predicted molar refractivity (Wildman–Crippen MR) is 47.1 cm³/mol. The van der Waals surface area contributed by atoms with E-state index >= 15 is 0 Å². The topological polar surface area (TPSA) is 40.5 Å². The minimum absolute atomic E-state index is 0.766. The molecule has 0 aromatic carbocycles. The van der Waals surface area contributed by atoms with Gasteiger partial charge in [-0.25, -0.2) is 0 Å². The quantitative estimate of drug-likeness (QED) is 0.484. The number of hydrogen-bond acceptors (Lipinski definition) is 2. The predicted octanol–water partition coefficient (Wildman–Crippen LogP) is 1.99. The Hall–Kier alpha value is -1.28. The Bertz CT molecular complexity index is 175. The molecule has 0 spiro atoms. The van der Waals surface area contributed by atoms with Crippen molar-refractivity contribution in [2.45, 2.75) is 38.5 Å². The van der Waals surface area contributed by atoms with Crippen molar-refractivity contribution in [2.75, 3.05) is 0 Å². The van der Waals surface area contributed by atoms with Crippen molar-refractivity contribution in [2.24, 2.45) is 0 Å². The van der Waals surface area contributed by atoms with Gasteiger partial charge in [0.25, 0.3) is 0 Å². The average Bonchev–Trinajstić information content (AvgIpc) is 2.10. The first-order valence-corrected chi connectivity index (χ1v) is 4.15. The molecular formula is C10H14O2. The second-order valence-corrected chi connectivity index (χ2v) is 2.49. The summed E-state index contributed by atoms with van der Waals surface area (Å²) in [6.45, 7) is 0. The summed E-state index contributed by atoms with van der Waals surface area (Å²) in [6, 6.07) is 0. The lowest BCUT2D eigenvalue weighted by molar-refractivity contribution is 0.514. The lowest BCUT2D eigenvalue weighted by Crippen LogP contribution is -1.77. The van der Waals surface area contributed by atoms with Crippen LogP contribution in [0.5, 0.6) is 0 Å². The molecule has 0 unspecified atom stereocenters. The molecular weight excluding hydrogens is 152 g/mol. The molecule has 0 saturated carbocycles. The summed E-state index contributed by atoms with van der Waals surface area (Å²) in [4.78, 5) is 0. The summed E-state index contributed by atoms with van der Waals surface area (Å²) in [5, 5.41) is 16.3. The van der Waals surface area contributed by atoms with E-state index in [4.69, 9.17) is 10.2 Å². The van der Waals surface area contributed by atoms with Crippen LogP contribution in [0.3, 0.4) is 0 Å². The van der Waals surface area contributed by atoms with Crippen LogP contribution in [0, 0.1) is 24.1 Å². The monoisotopic (exact) mass is 166 g/mol. The third-order valence-corrected chi connectivity index (χ3v) is 1.51. The highest BCUT2D eigenvalue weighted by atomic mass is 16.2. The smallest absolute Gasteiger partial charge is 0.107 e. The molecule has 0 radical (unpaired) electrons. The average molecular weight is 166 g/mol. The first-order valence-electron chi connectivity index (χ1n) is 4.15. The van der Waals surface area contributed by atoms with Crippen molar-refractivity contribution in [3.8, 4) is 24.1 Å². The Morgan fingerprint density at radius 2 is 1.08 bits per heavy atom. The Morgan fingerprint density at radius 3 is 1.42 bits per heavy atom. The van der Waals surface area contributed by atoms with Gasteiger partial charge in [-0.05, 0) is 12.8 Å². The summed E-state index contributed by atoms with van der Waals surface area (Å²) in [5.74, 6) is 5.18. The lowest BCUT2D eigenvalue weighted by Gasteiger charge is -1.93. The fraction of sp³-hybridized carbons (Fsp3) is 0.600. The molecule has 0 rings (SSSR count). The van der Waals surface area contributed by atoms with Gasteiger partial charge in [-0.3, -0.25) is 0 Å². The zero-order chi connectivity index (χ0) is 9.07. The number of aliphatic hydroxyl groups is 2. The van der Waals surface area contributed by atoms with Gasteiger partial charge in [0.1, 0.15) is 12.2 Å². The molecule has 0 aliphatic carbocycles. The summed E-state index contributed by atoms with van der Waals surface area (Å²) < 4.78 is 0. The van der Waals surface area contributed by atoms with Gasteiger partial charge in [-0.15, -0.1) is 0 Å². The molecule has 2 N–H and O–H groups in total. The van der Waals surface area contributed by atoms with Crippen LogP contribution in [0.4, 0.5) is 0 Å². The molecule has 12 heavy (non-hydrogen) atoms.